The Morgan fingerprint density at radius 3 is 2.41 bits per heavy atom. The van der Waals surface area contributed by atoms with Crippen molar-refractivity contribution in [2.45, 2.75) is 20.4 Å². The minimum Gasteiger partial charge on any atom is -0.492 e. The molecule has 0 fully saturated rings. The molecule has 4 rings (SSSR count). The van der Waals surface area contributed by atoms with E-state index in [9.17, 15) is 18.4 Å². The molecular formula is C27H31F2N7O3. The number of fused-ring (bicyclic) bond motifs is 1. The van der Waals surface area contributed by atoms with Gasteiger partial charge in [-0.05, 0) is 55.1 Å². The Morgan fingerprint density at radius 1 is 0.974 bits per heavy atom. The van der Waals surface area contributed by atoms with Crippen LogP contribution in [0.5, 0.6) is 5.75 Å². The lowest BCUT2D eigenvalue weighted by molar-refractivity contribution is 0.285. The standard InChI is InChI=1S/C27H31F2N7O3/c1-4-35(5-2)14-12-30-13-15-39-20-9-7-19(8-10-20)24-31-23-25(33-32-24)36(27(38)34(3)26(23)37)17-18-6-11-21(28)22(29)16-18/h6-11,16,30H,4-5,12-15,17H2,1-3H3. The summed E-state index contributed by atoms with van der Waals surface area (Å²) in [6.45, 7) is 9.32. The minimum absolute atomic E-state index is 0.0509. The van der Waals surface area contributed by atoms with Gasteiger partial charge in [0.15, 0.2) is 28.6 Å². The van der Waals surface area contributed by atoms with Crippen LogP contribution in [0.3, 0.4) is 0 Å². The van der Waals surface area contributed by atoms with E-state index in [2.05, 4.69) is 39.2 Å². The topological polar surface area (TPSA) is 107 Å². The van der Waals surface area contributed by atoms with Crippen LogP contribution in [-0.2, 0) is 13.6 Å². The van der Waals surface area contributed by atoms with Gasteiger partial charge in [-0.3, -0.25) is 13.9 Å². The molecule has 1 N–H and O–H groups in total. The van der Waals surface area contributed by atoms with Crippen molar-refractivity contribution in [3.8, 4) is 17.1 Å². The third-order valence-electron chi connectivity index (χ3n) is 6.43. The molecule has 2 aromatic heterocycles. The highest BCUT2D eigenvalue weighted by Crippen LogP contribution is 2.20. The van der Waals surface area contributed by atoms with Crippen LogP contribution in [0, 0.1) is 11.6 Å². The van der Waals surface area contributed by atoms with Crippen LogP contribution < -0.4 is 21.3 Å². The second-order valence-corrected chi connectivity index (χ2v) is 8.94. The molecule has 10 nitrogen and oxygen atoms in total. The van der Waals surface area contributed by atoms with E-state index in [1.165, 1.54) is 13.1 Å². The van der Waals surface area contributed by atoms with Crippen molar-refractivity contribution < 1.29 is 13.5 Å². The lowest BCUT2D eigenvalue weighted by Crippen LogP contribution is -2.39. The molecular weight excluding hydrogens is 508 g/mol. The minimum atomic E-state index is -1.04. The number of ether oxygens (including phenoxy) is 1. The maximum Gasteiger partial charge on any atom is 0.332 e. The van der Waals surface area contributed by atoms with E-state index in [1.54, 1.807) is 24.3 Å². The summed E-state index contributed by atoms with van der Waals surface area (Å²) in [6, 6.07) is 10.4. The van der Waals surface area contributed by atoms with Gasteiger partial charge in [-0.1, -0.05) is 19.9 Å². The van der Waals surface area contributed by atoms with Crippen LogP contribution in [0.1, 0.15) is 19.4 Å². The summed E-state index contributed by atoms with van der Waals surface area (Å²) >= 11 is 0. The molecule has 0 saturated carbocycles. The molecule has 0 aliphatic carbocycles. The van der Waals surface area contributed by atoms with Gasteiger partial charge < -0.3 is 15.0 Å². The summed E-state index contributed by atoms with van der Waals surface area (Å²) in [5.74, 6) is -1.17. The van der Waals surface area contributed by atoms with Gasteiger partial charge in [0.05, 0.1) is 6.54 Å². The van der Waals surface area contributed by atoms with E-state index < -0.39 is 22.9 Å². The molecule has 0 unspecified atom stereocenters. The van der Waals surface area contributed by atoms with Crippen LogP contribution >= 0.6 is 0 Å². The van der Waals surface area contributed by atoms with Crippen molar-refractivity contribution in [2.75, 3.05) is 39.3 Å². The van der Waals surface area contributed by atoms with Gasteiger partial charge in [0.2, 0.25) is 0 Å². The van der Waals surface area contributed by atoms with E-state index in [0.29, 0.717) is 23.5 Å². The normalized spacial score (nSPS) is 11.4. The number of nitrogens with zero attached hydrogens (tertiary/aromatic N) is 6. The molecule has 39 heavy (non-hydrogen) atoms. The second-order valence-electron chi connectivity index (χ2n) is 8.94. The quantitative estimate of drug-likeness (QED) is 0.273. The van der Waals surface area contributed by atoms with Crippen molar-refractivity contribution in [2.24, 2.45) is 7.05 Å². The molecule has 0 saturated heterocycles. The Morgan fingerprint density at radius 2 is 1.72 bits per heavy atom. The van der Waals surface area contributed by atoms with Crippen LogP contribution in [-0.4, -0.2) is 68.5 Å². The first-order valence-electron chi connectivity index (χ1n) is 12.8. The third kappa shape index (κ3) is 6.52. The predicted molar refractivity (Wildman–Crippen MR) is 144 cm³/mol. The smallest absolute Gasteiger partial charge is 0.332 e. The SMILES string of the molecule is CCN(CC)CCNCCOc1ccc(-c2nnc3c(n2)c(=O)n(C)c(=O)n3Cc2ccc(F)c(F)c2)cc1. The molecule has 12 heteroatoms. The molecule has 0 atom stereocenters. The number of nitrogens with one attached hydrogen (secondary N) is 1. The van der Waals surface area contributed by atoms with Gasteiger partial charge in [0.25, 0.3) is 5.56 Å². The largest absolute Gasteiger partial charge is 0.492 e. The molecule has 206 valence electrons. The molecule has 0 spiro atoms. The number of hydrogen-bond acceptors (Lipinski definition) is 8. The first-order chi connectivity index (χ1) is 18.8. The van der Waals surface area contributed by atoms with Gasteiger partial charge >= 0.3 is 5.69 Å². The Hall–Kier alpha value is -4.03. The maximum absolute atomic E-state index is 13.7. The highest BCUT2D eigenvalue weighted by atomic mass is 19.2. The van der Waals surface area contributed by atoms with Gasteiger partial charge in [-0.2, -0.15) is 0 Å². The summed E-state index contributed by atoms with van der Waals surface area (Å²) in [6.07, 6.45) is 0. The zero-order valence-electron chi connectivity index (χ0n) is 22.2. The highest BCUT2D eigenvalue weighted by molar-refractivity contribution is 5.71. The Balaban J connectivity index is 1.49. The summed E-state index contributed by atoms with van der Waals surface area (Å²) in [5, 5.41) is 11.6. The third-order valence-corrected chi connectivity index (χ3v) is 6.43. The van der Waals surface area contributed by atoms with Crippen LogP contribution in [0.15, 0.2) is 52.1 Å². The Bertz CT molecular complexity index is 1550. The predicted octanol–water partition coefficient (Wildman–Crippen LogP) is 2.19. The number of rotatable bonds is 12. The van der Waals surface area contributed by atoms with Crippen molar-refractivity contribution in [1.82, 2.24) is 34.5 Å². The van der Waals surface area contributed by atoms with Crippen molar-refractivity contribution in [3.63, 3.8) is 0 Å². The number of likely N-dealkylation sites (N-methyl/N-ethyl adjacent to an activating group) is 1. The fourth-order valence-electron chi connectivity index (χ4n) is 4.09. The highest BCUT2D eigenvalue weighted by Gasteiger charge is 2.17. The molecule has 0 amide bonds. The zero-order chi connectivity index (χ0) is 27.9. The van der Waals surface area contributed by atoms with Gasteiger partial charge in [0, 0.05) is 32.2 Å². The fourth-order valence-corrected chi connectivity index (χ4v) is 4.09. The van der Waals surface area contributed by atoms with E-state index in [4.69, 9.17) is 4.74 Å². The van der Waals surface area contributed by atoms with Gasteiger partial charge in [-0.15, -0.1) is 10.2 Å². The zero-order valence-corrected chi connectivity index (χ0v) is 22.2. The Kier molecular flexibility index (Phi) is 9.10. The molecule has 0 bridgehead atoms. The van der Waals surface area contributed by atoms with Crippen molar-refractivity contribution >= 4 is 11.2 Å². The average Bonchev–Trinajstić information content (AvgIpc) is 2.95. The molecule has 4 aromatic rings. The first kappa shape index (κ1) is 28.0. The number of benzene rings is 2. The molecule has 0 aliphatic heterocycles. The van der Waals surface area contributed by atoms with Crippen molar-refractivity contribution in [3.05, 3.63) is 80.5 Å². The molecule has 2 heterocycles. The van der Waals surface area contributed by atoms with Gasteiger partial charge in [0.1, 0.15) is 12.4 Å². The lowest BCUT2D eigenvalue weighted by Gasteiger charge is -2.18. The number of aromatic nitrogens is 5. The lowest BCUT2D eigenvalue weighted by atomic mass is 10.2. The monoisotopic (exact) mass is 539 g/mol. The van der Waals surface area contributed by atoms with E-state index in [0.717, 1.165) is 54.0 Å². The summed E-state index contributed by atoms with van der Waals surface area (Å²) in [4.78, 5) is 32.4. The van der Waals surface area contributed by atoms with Gasteiger partial charge in [-0.25, -0.2) is 18.6 Å². The molecule has 0 aliphatic rings. The average molecular weight is 540 g/mol. The van der Waals surface area contributed by atoms with E-state index in [-0.39, 0.29) is 23.5 Å². The van der Waals surface area contributed by atoms with Crippen LogP contribution in [0.4, 0.5) is 8.78 Å². The second kappa shape index (κ2) is 12.7. The summed E-state index contributed by atoms with van der Waals surface area (Å²) in [5.41, 5.74) is -0.511. The molecule has 2 aromatic carbocycles. The van der Waals surface area contributed by atoms with Crippen molar-refractivity contribution in [1.29, 1.82) is 0 Å². The number of halogens is 2. The fraction of sp³-hybridized carbons (Fsp3) is 0.370. The van der Waals surface area contributed by atoms with E-state index in [1.807, 2.05) is 0 Å². The summed E-state index contributed by atoms with van der Waals surface area (Å²) < 4.78 is 34.9. The van der Waals surface area contributed by atoms with Crippen LogP contribution in [0.25, 0.3) is 22.6 Å². The molecule has 0 radical (unpaired) electrons. The van der Waals surface area contributed by atoms with E-state index >= 15 is 0 Å². The maximum atomic E-state index is 13.7. The van der Waals surface area contributed by atoms with Crippen LogP contribution in [0.2, 0.25) is 0 Å². The summed E-state index contributed by atoms with van der Waals surface area (Å²) in [7, 11) is 1.32. The number of hydrogen-bond donors (Lipinski definition) is 1. The Labute approximate surface area is 223 Å². The first-order valence-corrected chi connectivity index (χ1v) is 12.8.